The third-order valence-electron chi connectivity index (χ3n) is 2.63. The molecular weight excluding hydrogens is 288 g/mol. The molecule has 0 aliphatic heterocycles. The van der Waals surface area contributed by atoms with Crippen molar-refractivity contribution in [2.45, 2.75) is 13.2 Å². The molecule has 0 spiro atoms. The number of benzene rings is 1. The van der Waals surface area contributed by atoms with Gasteiger partial charge in [-0.2, -0.15) is 8.78 Å². The lowest BCUT2D eigenvalue weighted by molar-refractivity contribution is -0.386. The van der Waals surface area contributed by atoms with Crippen LogP contribution in [0.15, 0.2) is 30.6 Å². The Morgan fingerprint density at radius 3 is 2.86 bits per heavy atom. The average molecular weight is 297 g/mol. The van der Waals surface area contributed by atoms with E-state index >= 15 is 0 Å². The van der Waals surface area contributed by atoms with E-state index < -0.39 is 17.2 Å². The fraction of sp³-hybridized carbons (Fsp3) is 0.167. The topological polar surface area (TPSA) is 87.3 Å². The van der Waals surface area contributed by atoms with Crippen molar-refractivity contribution in [2.75, 3.05) is 0 Å². The van der Waals surface area contributed by atoms with Gasteiger partial charge in [0.2, 0.25) is 0 Å². The first kappa shape index (κ1) is 14.6. The molecule has 0 bridgehead atoms. The van der Waals surface area contributed by atoms with E-state index in [-0.39, 0.29) is 23.7 Å². The van der Waals surface area contributed by atoms with Crippen LogP contribution in [-0.4, -0.2) is 20.8 Å². The number of ether oxygens (including phenoxy) is 1. The zero-order valence-corrected chi connectivity index (χ0v) is 10.5. The van der Waals surface area contributed by atoms with E-state index in [2.05, 4.69) is 4.98 Å². The van der Waals surface area contributed by atoms with E-state index in [1.54, 1.807) is 0 Å². The fourth-order valence-electron chi connectivity index (χ4n) is 1.65. The van der Waals surface area contributed by atoms with Crippen LogP contribution in [0.4, 0.5) is 14.5 Å². The van der Waals surface area contributed by atoms with Gasteiger partial charge in [-0.05, 0) is 12.1 Å². The van der Waals surface area contributed by atoms with Gasteiger partial charge in [0.1, 0.15) is 12.9 Å². The van der Waals surface area contributed by atoms with Crippen LogP contribution in [-0.2, 0) is 6.61 Å². The lowest BCUT2D eigenvalue weighted by Gasteiger charge is -2.09. The molecule has 2 rings (SSSR count). The highest BCUT2D eigenvalue weighted by Gasteiger charge is 2.18. The summed E-state index contributed by atoms with van der Waals surface area (Å²) in [6, 6.07) is 3.61. The summed E-state index contributed by atoms with van der Waals surface area (Å²) >= 11 is 0. The molecule has 0 aliphatic carbocycles. The number of hydrogen-bond donors (Lipinski definition) is 0. The van der Waals surface area contributed by atoms with Crippen molar-refractivity contribution in [1.29, 1.82) is 0 Å². The zero-order chi connectivity index (χ0) is 15.4. The molecule has 0 amide bonds. The molecule has 9 heteroatoms. The average Bonchev–Trinajstić information content (AvgIpc) is 2.93. The second kappa shape index (κ2) is 6.07. The van der Waals surface area contributed by atoms with E-state index in [9.17, 15) is 23.7 Å². The van der Waals surface area contributed by atoms with Gasteiger partial charge in [0.25, 0.3) is 0 Å². The largest absolute Gasteiger partial charge is 0.479 e. The first-order valence-electron chi connectivity index (χ1n) is 5.69. The maximum Gasteiger partial charge on any atom is 0.320 e. The van der Waals surface area contributed by atoms with Crippen LogP contribution < -0.4 is 4.74 Å². The smallest absolute Gasteiger partial charge is 0.320 e. The number of nitro groups is 1. The molecule has 0 radical (unpaired) electrons. The van der Waals surface area contributed by atoms with Crippen LogP contribution in [0.3, 0.4) is 0 Å². The molecule has 0 fully saturated rings. The van der Waals surface area contributed by atoms with Gasteiger partial charge >= 0.3 is 12.2 Å². The number of hydrogen-bond acceptors (Lipinski definition) is 5. The number of halogens is 2. The molecule has 0 atom stereocenters. The first-order valence-corrected chi connectivity index (χ1v) is 5.69. The Kier molecular flexibility index (Phi) is 4.21. The molecule has 1 aromatic heterocycles. The van der Waals surface area contributed by atoms with Crippen molar-refractivity contribution in [1.82, 2.24) is 9.55 Å². The highest BCUT2D eigenvalue weighted by atomic mass is 19.3. The summed E-state index contributed by atoms with van der Waals surface area (Å²) in [5, 5.41) is 10.9. The summed E-state index contributed by atoms with van der Waals surface area (Å²) in [5.74, 6) is -0.201. The second-order valence-corrected chi connectivity index (χ2v) is 3.92. The molecule has 2 aromatic rings. The highest BCUT2D eigenvalue weighted by molar-refractivity contribution is 5.77. The van der Waals surface area contributed by atoms with Crippen LogP contribution in [0.25, 0.3) is 0 Å². The van der Waals surface area contributed by atoms with Gasteiger partial charge in [-0.15, -0.1) is 0 Å². The van der Waals surface area contributed by atoms with Gasteiger partial charge < -0.3 is 4.74 Å². The molecule has 0 saturated carbocycles. The number of nitrogens with zero attached hydrogens (tertiary/aromatic N) is 3. The summed E-state index contributed by atoms with van der Waals surface area (Å²) in [4.78, 5) is 24.5. The van der Waals surface area contributed by atoms with Gasteiger partial charge in [0, 0.05) is 24.0 Å². The standard InChI is InChI=1S/C12H9F2N3O4/c13-12(14)16-4-3-15-11(16)7-21-10-2-1-8(6-18)5-9(10)17(19)20/h1-6,12H,7H2. The highest BCUT2D eigenvalue weighted by Crippen LogP contribution is 2.28. The van der Waals surface area contributed by atoms with E-state index in [0.29, 0.717) is 10.9 Å². The number of imidazole rings is 1. The Balaban J connectivity index is 2.21. The number of rotatable bonds is 6. The Morgan fingerprint density at radius 1 is 1.48 bits per heavy atom. The molecule has 0 aliphatic rings. The Labute approximate surface area is 116 Å². The number of alkyl halides is 2. The van der Waals surface area contributed by atoms with Crippen LogP contribution in [0.1, 0.15) is 22.7 Å². The van der Waals surface area contributed by atoms with E-state index in [1.165, 1.54) is 18.3 Å². The van der Waals surface area contributed by atoms with Crippen molar-refractivity contribution in [2.24, 2.45) is 0 Å². The minimum Gasteiger partial charge on any atom is -0.479 e. The summed E-state index contributed by atoms with van der Waals surface area (Å²) in [5.41, 5.74) is -0.308. The van der Waals surface area contributed by atoms with Crippen molar-refractivity contribution in [3.63, 3.8) is 0 Å². The molecule has 1 heterocycles. The number of carbonyl (C=O) groups is 1. The first-order chi connectivity index (χ1) is 10.0. The van der Waals surface area contributed by atoms with E-state index in [0.717, 1.165) is 12.3 Å². The molecule has 0 unspecified atom stereocenters. The second-order valence-electron chi connectivity index (χ2n) is 3.92. The van der Waals surface area contributed by atoms with Gasteiger partial charge in [-0.1, -0.05) is 0 Å². The third-order valence-corrected chi connectivity index (χ3v) is 2.63. The van der Waals surface area contributed by atoms with E-state index in [4.69, 9.17) is 4.74 Å². The quantitative estimate of drug-likeness (QED) is 0.464. The SMILES string of the molecule is O=Cc1ccc(OCc2nccn2C(F)F)c([N+](=O)[O-])c1. The van der Waals surface area contributed by atoms with Gasteiger partial charge in [-0.25, -0.2) is 4.98 Å². The van der Waals surface area contributed by atoms with Crippen LogP contribution in [0.2, 0.25) is 0 Å². The minimum atomic E-state index is -2.78. The summed E-state index contributed by atoms with van der Waals surface area (Å²) < 4.78 is 31.0. The third kappa shape index (κ3) is 3.19. The fourth-order valence-corrected chi connectivity index (χ4v) is 1.65. The molecular formula is C12H9F2N3O4. The Bertz CT molecular complexity index is 672. The van der Waals surface area contributed by atoms with Crippen molar-refractivity contribution < 1.29 is 23.2 Å². The van der Waals surface area contributed by atoms with Crippen LogP contribution in [0, 0.1) is 10.1 Å². The van der Waals surface area contributed by atoms with Crippen LogP contribution in [0.5, 0.6) is 5.75 Å². The van der Waals surface area contributed by atoms with Crippen LogP contribution >= 0.6 is 0 Å². The predicted octanol–water partition coefficient (Wildman–Crippen LogP) is 2.58. The molecule has 110 valence electrons. The normalized spacial score (nSPS) is 10.6. The number of carbonyl (C=O) groups excluding carboxylic acids is 1. The Hall–Kier alpha value is -2.84. The summed E-state index contributed by atoms with van der Waals surface area (Å²) in [6.45, 7) is -3.14. The van der Waals surface area contributed by atoms with E-state index in [1.807, 2.05) is 0 Å². The monoisotopic (exact) mass is 297 g/mol. The van der Waals surface area contributed by atoms with Gasteiger partial charge in [0.05, 0.1) is 4.92 Å². The van der Waals surface area contributed by atoms with Gasteiger partial charge in [0.15, 0.2) is 11.6 Å². The van der Waals surface area contributed by atoms with Gasteiger partial charge in [-0.3, -0.25) is 19.5 Å². The van der Waals surface area contributed by atoms with Crippen molar-refractivity contribution in [3.05, 3.63) is 52.1 Å². The molecule has 1 aromatic carbocycles. The Morgan fingerprint density at radius 2 is 2.24 bits per heavy atom. The predicted molar refractivity (Wildman–Crippen MR) is 66.3 cm³/mol. The summed E-state index contributed by atoms with van der Waals surface area (Å²) in [6.07, 6.45) is 2.71. The maximum absolute atomic E-state index is 12.6. The zero-order valence-electron chi connectivity index (χ0n) is 10.5. The molecule has 21 heavy (non-hydrogen) atoms. The maximum atomic E-state index is 12.6. The number of aromatic nitrogens is 2. The van der Waals surface area contributed by atoms with Crippen molar-refractivity contribution >= 4 is 12.0 Å². The minimum absolute atomic E-state index is 0.0706. The molecule has 7 nitrogen and oxygen atoms in total. The molecule has 0 saturated heterocycles. The summed E-state index contributed by atoms with van der Waals surface area (Å²) in [7, 11) is 0. The number of aldehydes is 1. The molecule has 0 N–H and O–H groups in total. The lowest BCUT2D eigenvalue weighted by Crippen LogP contribution is -2.08. The lowest BCUT2D eigenvalue weighted by atomic mass is 10.2. The van der Waals surface area contributed by atoms with Crippen molar-refractivity contribution in [3.8, 4) is 5.75 Å². The number of nitro benzene ring substituents is 1.